The van der Waals surface area contributed by atoms with Crippen LogP contribution in [-0.2, 0) is 0 Å². The van der Waals surface area contributed by atoms with E-state index in [9.17, 15) is 0 Å². The van der Waals surface area contributed by atoms with Gasteiger partial charge in [0.15, 0.2) is 0 Å². The second kappa shape index (κ2) is 5.73. The average Bonchev–Trinajstić information content (AvgIpc) is 2.38. The van der Waals surface area contributed by atoms with Crippen molar-refractivity contribution in [2.75, 3.05) is 5.32 Å². The summed E-state index contributed by atoms with van der Waals surface area (Å²) in [5.41, 5.74) is 2.88. The fourth-order valence-electron chi connectivity index (χ4n) is 1.80. The number of anilines is 1. The predicted molar refractivity (Wildman–Crippen MR) is 77.2 cm³/mol. The van der Waals surface area contributed by atoms with Crippen molar-refractivity contribution in [1.29, 1.82) is 5.26 Å². The van der Waals surface area contributed by atoms with E-state index >= 15 is 0 Å². The van der Waals surface area contributed by atoms with Crippen LogP contribution in [0.15, 0.2) is 36.4 Å². The van der Waals surface area contributed by atoms with E-state index in [1.54, 1.807) is 12.1 Å². The fraction of sp³-hybridized carbons (Fsp3) is 0.200. The van der Waals surface area contributed by atoms with E-state index in [2.05, 4.69) is 47.6 Å². The summed E-state index contributed by atoms with van der Waals surface area (Å²) in [4.78, 5) is 4.17. The zero-order valence-corrected chi connectivity index (χ0v) is 11.6. The molecular weight excluding hydrogens is 258 g/mol. The third-order valence-corrected chi connectivity index (χ3v) is 3.06. The molecule has 1 heterocycles. The molecule has 0 saturated heterocycles. The number of aromatic nitrogens is 1. The van der Waals surface area contributed by atoms with Crippen molar-refractivity contribution in [3.8, 4) is 6.07 Å². The van der Waals surface area contributed by atoms with Crippen molar-refractivity contribution in [3.63, 3.8) is 0 Å². The number of benzene rings is 1. The molecule has 1 unspecified atom stereocenters. The zero-order chi connectivity index (χ0) is 13.8. The molecule has 1 N–H and O–H groups in total. The molecule has 0 saturated carbocycles. The Balaban J connectivity index is 2.19. The highest BCUT2D eigenvalue weighted by Gasteiger charge is 2.07. The SMILES string of the molecule is Cc1ccc(C(C)Nc2cc(C#N)cc(Cl)n2)cc1. The van der Waals surface area contributed by atoms with Gasteiger partial charge in [-0.15, -0.1) is 0 Å². The number of pyridine rings is 1. The number of hydrogen-bond acceptors (Lipinski definition) is 3. The molecule has 0 aliphatic rings. The summed E-state index contributed by atoms with van der Waals surface area (Å²) in [6.07, 6.45) is 0. The minimum atomic E-state index is 0.0955. The van der Waals surface area contributed by atoms with Gasteiger partial charge in [-0.05, 0) is 31.5 Å². The van der Waals surface area contributed by atoms with Crippen LogP contribution in [0.3, 0.4) is 0 Å². The van der Waals surface area contributed by atoms with Crippen LogP contribution in [0.5, 0.6) is 0 Å². The molecule has 3 nitrogen and oxygen atoms in total. The Bertz CT molecular complexity index is 614. The number of nitrogens with one attached hydrogen (secondary N) is 1. The Morgan fingerprint density at radius 3 is 2.58 bits per heavy atom. The molecule has 1 aromatic heterocycles. The topological polar surface area (TPSA) is 48.7 Å². The van der Waals surface area contributed by atoms with E-state index in [0.29, 0.717) is 16.5 Å². The lowest BCUT2D eigenvalue weighted by Gasteiger charge is -2.15. The molecule has 0 fully saturated rings. The van der Waals surface area contributed by atoms with Crippen molar-refractivity contribution in [2.24, 2.45) is 0 Å². The Morgan fingerprint density at radius 2 is 1.95 bits per heavy atom. The van der Waals surface area contributed by atoms with Crippen LogP contribution >= 0.6 is 11.6 Å². The van der Waals surface area contributed by atoms with Gasteiger partial charge in [-0.2, -0.15) is 5.26 Å². The van der Waals surface area contributed by atoms with Crippen LogP contribution in [0.25, 0.3) is 0 Å². The summed E-state index contributed by atoms with van der Waals surface area (Å²) in [5.74, 6) is 0.608. The molecule has 19 heavy (non-hydrogen) atoms. The number of rotatable bonds is 3. The maximum absolute atomic E-state index is 8.90. The van der Waals surface area contributed by atoms with Gasteiger partial charge in [0.25, 0.3) is 0 Å². The Morgan fingerprint density at radius 1 is 1.26 bits per heavy atom. The second-order valence-corrected chi connectivity index (χ2v) is 4.84. The van der Waals surface area contributed by atoms with Gasteiger partial charge < -0.3 is 5.32 Å². The number of halogens is 1. The van der Waals surface area contributed by atoms with Crippen LogP contribution < -0.4 is 5.32 Å². The second-order valence-electron chi connectivity index (χ2n) is 4.45. The summed E-state index contributed by atoms with van der Waals surface area (Å²) in [6, 6.07) is 13.7. The van der Waals surface area contributed by atoms with Gasteiger partial charge >= 0.3 is 0 Å². The molecule has 2 rings (SSSR count). The summed E-state index contributed by atoms with van der Waals surface area (Å²) in [5, 5.41) is 12.5. The first-order valence-corrected chi connectivity index (χ1v) is 6.37. The van der Waals surface area contributed by atoms with E-state index in [0.717, 1.165) is 5.56 Å². The van der Waals surface area contributed by atoms with E-state index in [1.165, 1.54) is 5.56 Å². The predicted octanol–water partition coefficient (Wildman–Crippen LogP) is 4.09. The molecule has 0 aliphatic heterocycles. The van der Waals surface area contributed by atoms with Crippen molar-refractivity contribution >= 4 is 17.4 Å². The Hall–Kier alpha value is -2.05. The maximum atomic E-state index is 8.90. The Labute approximate surface area is 117 Å². The molecule has 0 aliphatic carbocycles. The number of aryl methyl sites for hydroxylation is 1. The Kier molecular flexibility index (Phi) is 4.03. The van der Waals surface area contributed by atoms with Crippen LogP contribution in [-0.4, -0.2) is 4.98 Å². The van der Waals surface area contributed by atoms with Crippen LogP contribution in [0.1, 0.15) is 29.7 Å². The lowest BCUT2D eigenvalue weighted by molar-refractivity contribution is 0.874. The highest BCUT2D eigenvalue weighted by Crippen LogP contribution is 2.20. The summed E-state index contributed by atoms with van der Waals surface area (Å²) in [6.45, 7) is 4.10. The molecule has 1 atom stereocenters. The smallest absolute Gasteiger partial charge is 0.132 e. The molecule has 96 valence electrons. The van der Waals surface area contributed by atoms with Gasteiger partial charge in [0.05, 0.1) is 11.6 Å². The molecular formula is C15H14ClN3. The van der Waals surface area contributed by atoms with Crippen LogP contribution in [0, 0.1) is 18.3 Å². The molecule has 4 heteroatoms. The highest BCUT2D eigenvalue weighted by atomic mass is 35.5. The van der Waals surface area contributed by atoms with Crippen molar-refractivity contribution in [1.82, 2.24) is 4.98 Å². The monoisotopic (exact) mass is 271 g/mol. The standard InChI is InChI=1S/C15H14ClN3/c1-10-3-5-13(6-4-10)11(2)18-15-8-12(9-17)7-14(16)19-15/h3-8,11H,1-2H3,(H,18,19). The van der Waals surface area contributed by atoms with Gasteiger partial charge in [0.2, 0.25) is 0 Å². The molecule has 2 aromatic rings. The van der Waals surface area contributed by atoms with Gasteiger partial charge in [-0.3, -0.25) is 0 Å². The summed E-state index contributed by atoms with van der Waals surface area (Å²) >= 11 is 5.88. The third kappa shape index (κ3) is 3.46. The van der Waals surface area contributed by atoms with Crippen LogP contribution in [0.4, 0.5) is 5.82 Å². The first-order chi connectivity index (χ1) is 9.08. The number of nitrogens with zero attached hydrogens (tertiary/aromatic N) is 2. The maximum Gasteiger partial charge on any atom is 0.132 e. The quantitative estimate of drug-likeness (QED) is 0.856. The first kappa shape index (κ1) is 13.4. The lowest BCUT2D eigenvalue weighted by atomic mass is 10.1. The molecule has 0 amide bonds. The molecule has 0 bridgehead atoms. The van der Waals surface area contributed by atoms with E-state index < -0.39 is 0 Å². The van der Waals surface area contributed by atoms with Crippen molar-refractivity contribution in [3.05, 3.63) is 58.2 Å². The van der Waals surface area contributed by atoms with Gasteiger partial charge in [-0.25, -0.2) is 4.98 Å². The van der Waals surface area contributed by atoms with Gasteiger partial charge in [-0.1, -0.05) is 41.4 Å². The molecule has 1 aromatic carbocycles. The fourth-order valence-corrected chi connectivity index (χ4v) is 2.00. The highest BCUT2D eigenvalue weighted by molar-refractivity contribution is 6.29. The van der Waals surface area contributed by atoms with E-state index in [-0.39, 0.29) is 6.04 Å². The summed E-state index contributed by atoms with van der Waals surface area (Å²) < 4.78 is 0. The van der Waals surface area contributed by atoms with E-state index in [4.69, 9.17) is 16.9 Å². The van der Waals surface area contributed by atoms with Gasteiger partial charge in [0, 0.05) is 6.04 Å². The van der Waals surface area contributed by atoms with Crippen LogP contribution in [0.2, 0.25) is 5.15 Å². The number of hydrogen-bond donors (Lipinski definition) is 1. The number of nitriles is 1. The minimum Gasteiger partial charge on any atom is -0.363 e. The largest absolute Gasteiger partial charge is 0.363 e. The minimum absolute atomic E-state index is 0.0955. The average molecular weight is 272 g/mol. The zero-order valence-electron chi connectivity index (χ0n) is 10.8. The first-order valence-electron chi connectivity index (χ1n) is 5.99. The third-order valence-electron chi connectivity index (χ3n) is 2.86. The molecule has 0 spiro atoms. The lowest BCUT2D eigenvalue weighted by Crippen LogP contribution is -2.08. The van der Waals surface area contributed by atoms with Gasteiger partial charge in [0.1, 0.15) is 11.0 Å². The van der Waals surface area contributed by atoms with Crippen molar-refractivity contribution in [2.45, 2.75) is 19.9 Å². The molecule has 0 radical (unpaired) electrons. The summed E-state index contributed by atoms with van der Waals surface area (Å²) in [7, 11) is 0. The van der Waals surface area contributed by atoms with Crippen molar-refractivity contribution < 1.29 is 0 Å². The normalized spacial score (nSPS) is 11.7. The van der Waals surface area contributed by atoms with E-state index in [1.807, 2.05) is 6.92 Å².